The fourth-order valence-corrected chi connectivity index (χ4v) is 7.25. The van der Waals surface area contributed by atoms with Gasteiger partial charge in [-0.3, -0.25) is 0 Å². The topological polar surface area (TPSA) is 32.6 Å². The minimum Gasteiger partial charge on any atom is -0.411 e. The number of hydrogen-bond acceptors (Lipinski definition) is 2. The number of rotatable bonds is 0. The number of nitrogens with zero attached hydrogens (tertiary/aromatic N) is 1. The van der Waals surface area contributed by atoms with E-state index in [0.29, 0.717) is 5.41 Å². The van der Waals surface area contributed by atoms with Crippen molar-refractivity contribution in [1.82, 2.24) is 0 Å². The third kappa shape index (κ3) is 1.80. The average molecular weight is 289 g/mol. The van der Waals surface area contributed by atoms with Crippen molar-refractivity contribution in [1.29, 1.82) is 0 Å². The van der Waals surface area contributed by atoms with Crippen LogP contribution >= 0.6 is 0 Å². The predicted molar refractivity (Wildman–Crippen MR) is 85.6 cm³/mol. The van der Waals surface area contributed by atoms with Crippen LogP contribution in [0, 0.1) is 34.5 Å². The van der Waals surface area contributed by atoms with Crippen molar-refractivity contribution in [2.45, 2.75) is 78.1 Å². The average Bonchev–Trinajstić information content (AvgIpc) is 2.83. The Bertz CT molecular complexity index is 458. The van der Waals surface area contributed by atoms with Crippen LogP contribution in [-0.4, -0.2) is 10.9 Å². The van der Waals surface area contributed by atoms with Gasteiger partial charge in [0, 0.05) is 5.41 Å². The zero-order valence-corrected chi connectivity index (χ0v) is 13.8. The first-order valence-corrected chi connectivity index (χ1v) is 9.31. The largest absolute Gasteiger partial charge is 0.411 e. The summed E-state index contributed by atoms with van der Waals surface area (Å²) in [6.07, 6.45) is 13.8. The zero-order valence-electron chi connectivity index (χ0n) is 13.8. The number of oxime groups is 1. The molecule has 2 nitrogen and oxygen atoms in total. The lowest BCUT2D eigenvalue weighted by molar-refractivity contribution is -0.0938. The highest BCUT2D eigenvalue weighted by Crippen LogP contribution is 2.65. The van der Waals surface area contributed by atoms with Crippen molar-refractivity contribution >= 4 is 5.71 Å². The van der Waals surface area contributed by atoms with Crippen molar-refractivity contribution in [2.24, 2.45) is 39.7 Å². The van der Waals surface area contributed by atoms with Crippen LogP contribution in [0.2, 0.25) is 0 Å². The molecule has 21 heavy (non-hydrogen) atoms. The monoisotopic (exact) mass is 289 g/mol. The van der Waals surface area contributed by atoms with Crippen LogP contribution in [0.4, 0.5) is 0 Å². The highest BCUT2D eigenvalue weighted by Gasteiger charge is 2.59. The second-order valence-corrected chi connectivity index (χ2v) is 8.94. The molecule has 0 spiro atoms. The summed E-state index contributed by atoms with van der Waals surface area (Å²) < 4.78 is 0. The Morgan fingerprint density at radius 3 is 2.62 bits per heavy atom. The van der Waals surface area contributed by atoms with Crippen molar-refractivity contribution in [2.75, 3.05) is 0 Å². The summed E-state index contributed by atoms with van der Waals surface area (Å²) in [7, 11) is 0. The zero-order chi connectivity index (χ0) is 14.7. The van der Waals surface area contributed by atoms with E-state index in [1.54, 1.807) is 0 Å². The molecule has 0 aromatic heterocycles. The van der Waals surface area contributed by atoms with E-state index in [-0.39, 0.29) is 5.41 Å². The molecule has 0 aromatic carbocycles. The highest BCUT2D eigenvalue weighted by molar-refractivity contribution is 5.91. The van der Waals surface area contributed by atoms with Gasteiger partial charge in [-0.1, -0.05) is 31.8 Å². The molecule has 4 aliphatic rings. The lowest BCUT2D eigenvalue weighted by Gasteiger charge is -2.59. The molecule has 118 valence electrons. The van der Waals surface area contributed by atoms with Gasteiger partial charge in [-0.2, -0.15) is 0 Å². The Hall–Kier alpha value is -0.530. The normalized spacial score (nSPS) is 54.9. The molecule has 0 unspecified atom stereocenters. The van der Waals surface area contributed by atoms with Crippen molar-refractivity contribution in [3.8, 4) is 0 Å². The Morgan fingerprint density at radius 2 is 1.81 bits per heavy atom. The molecule has 1 N–H and O–H groups in total. The fourth-order valence-electron chi connectivity index (χ4n) is 7.25. The molecular weight excluding hydrogens is 258 g/mol. The summed E-state index contributed by atoms with van der Waals surface area (Å²) in [6, 6.07) is 0. The first-order chi connectivity index (χ1) is 10.1. The molecule has 0 heterocycles. The predicted octanol–water partition coefficient (Wildman–Crippen LogP) is 5.25. The Morgan fingerprint density at radius 1 is 0.952 bits per heavy atom. The van der Waals surface area contributed by atoms with Crippen LogP contribution in [0.5, 0.6) is 0 Å². The van der Waals surface area contributed by atoms with E-state index in [2.05, 4.69) is 19.0 Å². The Balaban J connectivity index is 1.66. The third-order valence-corrected chi connectivity index (χ3v) is 8.44. The summed E-state index contributed by atoms with van der Waals surface area (Å²) in [6.45, 7) is 5.03. The molecule has 4 rings (SSSR count). The van der Waals surface area contributed by atoms with Gasteiger partial charge in [0.2, 0.25) is 0 Å². The van der Waals surface area contributed by atoms with Crippen LogP contribution in [-0.2, 0) is 0 Å². The lowest BCUT2D eigenvalue weighted by atomic mass is 9.45. The Labute approximate surface area is 129 Å². The molecule has 0 amide bonds. The van der Waals surface area contributed by atoms with E-state index in [1.807, 2.05) is 0 Å². The molecule has 0 aliphatic heterocycles. The van der Waals surface area contributed by atoms with Crippen LogP contribution in [0.25, 0.3) is 0 Å². The molecule has 4 fully saturated rings. The van der Waals surface area contributed by atoms with Crippen molar-refractivity contribution in [3.05, 3.63) is 0 Å². The van der Waals surface area contributed by atoms with E-state index in [4.69, 9.17) is 0 Å². The molecule has 4 aliphatic carbocycles. The van der Waals surface area contributed by atoms with Gasteiger partial charge in [-0.05, 0) is 80.5 Å². The lowest BCUT2D eigenvalue weighted by Crippen LogP contribution is -2.52. The molecule has 2 heteroatoms. The van der Waals surface area contributed by atoms with Crippen LogP contribution < -0.4 is 0 Å². The fraction of sp³-hybridized carbons (Fsp3) is 0.947. The summed E-state index contributed by atoms with van der Waals surface area (Å²) in [5.41, 5.74) is 1.96. The molecule has 0 bridgehead atoms. The summed E-state index contributed by atoms with van der Waals surface area (Å²) >= 11 is 0. The van der Waals surface area contributed by atoms with Gasteiger partial charge in [0.1, 0.15) is 0 Å². The minimum atomic E-state index is 0.216. The van der Waals surface area contributed by atoms with E-state index in [0.717, 1.165) is 35.8 Å². The first-order valence-electron chi connectivity index (χ1n) is 9.31. The summed E-state index contributed by atoms with van der Waals surface area (Å²) in [4.78, 5) is 0. The molecule has 0 radical (unpaired) electrons. The first kappa shape index (κ1) is 14.1. The second-order valence-electron chi connectivity index (χ2n) is 8.94. The number of hydrogen-bond donors (Lipinski definition) is 1. The second kappa shape index (κ2) is 4.73. The van der Waals surface area contributed by atoms with Crippen LogP contribution in [0.1, 0.15) is 78.1 Å². The quantitative estimate of drug-likeness (QED) is 0.479. The van der Waals surface area contributed by atoms with Gasteiger partial charge in [-0.25, -0.2) is 0 Å². The van der Waals surface area contributed by atoms with Gasteiger partial charge in [0.25, 0.3) is 0 Å². The van der Waals surface area contributed by atoms with E-state index >= 15 is 0 Å². The van der Waals surface area contributed by atoms with Crippen LogP contribution in [0.3, 0.4) is 0 Å². The standard InChI is InChI=1S/C19H31NO/c1-18-11-4-3-5-13(18)6-7-14-15-8-9-17(20-21)19(15,2)12-10-16(14)18/h13-16,21H,3-12H2,1-2H3/b20-17-/t13-,14-,15-,16-,18-,19-/m0/s1. The minimum absolute atomic E-state index is 0.216. The summed E-state index contributed by atoms with van der Waals surface area (Å²) in [5.74, 6) is 3.65. The number of fused-ring (bicyclic) bond motifs is 5. The van der Waals surface area contributed by atoms with E-state index < -0.39 is 0 Å². The maximum atomic E-state index is 9.39. The van der Waals surface area contributed by atoms with E-state index in [1.165, 1.54) is 57.8 Å². The van der Waals surface area contributed by atoms with Gasteiger partial charge >= 0.3 is 0 Å². The summed E-state index contributed by atoms with van der Waals surface area (Å²) in [5, 5.41) is 13.1. The maximum Gasteiger partial charge on any atom is 0.0632 e. The van der Waals surface area contributed by atoms with Crippen LogP contribution in [0.15, 0.2) is 5.16 Å². The van der Waals surface area contributed by atoms with Crippen molar-refractivity contribution < 1.29 is 5.21 Å². The van der Waals surface area contributed by atoms with Gasteiger partial charge in [-0.15, -0.1) is 0 Å². The van der Waals surface area contributed by atoms with Crippen molar-refractivity contribution in [3.63, 3.8) is 0 Å². The Kier molecular flexibility index (Phi) is 3.17. The smallest absolute Gasteiger partial charge is 0.0632 e. The van der Waals surface area contributed by atoms with Gasteiger partial charge in [0.15, 0.2) is 0 Å². The molecule has 6 atom stereocenters. The SMILES string of the molecule is C[C@]12CCCC[C@H]1CC[C@@H]1[C@@H]2CC[C@]2(C)/C(=N\O)CC[C@@H]12. The molecule has 0 saturated heterocycles. The van der Waals surface area contributed by atoms with Gasteiger partial charge < -0.3 is 5.21 Å². The molecular formula is C19H31NO. The third-order valence-electron chi connectivity index (χ3n) is 8.44. The maximum absolute atomic E-state index is 9.39. The van der Waals surface area contributed by atoms with E-state index in [9.17, 15) is 5.21 Å². The molecule has 0 aromatic rings. The highest BCUT2D eigenvalue weighted by atomic mass is 16.4. The van der Waals surface area contributed by atoms with Gasteiger partial charge in [0.05, 0.1) is 5.71 Å². The molecule has 4 saturated carbocycles.